The molecule has 0 spiro atoms. The second kappa shape index (κ2) is 66.8. The topological polar surface area (TPSA) is 869 Å². The summed E-state index contributed by atoms with van der Waals surface area (Å²) in [7, 11) is 2.41. The molecule has 0 saturated heterocycles. The maximum absolute atomic E-state index is 10.3. The number of nitrogens with zero attached hydrogens (tertiary/aromatic N) is 1. The van der Waals surface area contributed by atoms with Gasteiger partial charge in [-0.05, 0) is 50.5 Å². The summed E-state index contributed by atoms with van der Waals surface area (Å²) in [6, 6.07) is -8.95. The van der Waals surface area contributed by atoms with Crippen molar-refractivity contribution in [2.45, 2.75) is 159 Å². The van der Waals surface area contributed by atoms with Gasteiger partial charge in [0.15, 0.2) is 0 Å². The molecule has 0 aliphatic heterocycles. The fraction of sp³-hybridized carbons (Fsp3) is 0.653. The number of aliphatic carboxylic acids is 13. The van der Waals surface area contributed by atoms with Gasteiger partial charge in [0.2, 0.25) is 5.91 Å². The number of thiol groups is 1. The van der Waals surface area contributed by atoms with E-state index in [4.69, 9.17) is 135 Å². The zero-order valence-corrected chi connectivity index (χ0v) is 54.7. The van der Waals surface area contributed by atoms with Gasteiger partial charge in [0, 0.05) is 48.4 Å². The van der Waals surface area contributed by atoms with Crippen LogP contribution in [0.3, 0.4) is 0 Å². The van der Waals surface area contributed by atoms with Crippen LogP contribution in [-0.4, -0.2) is 251 Å². The molecule has 0 aromatic carbocycles. The first-order valence-electron chi connectivity index (χ1n) is 27.0. The minimum atomic E-state index is -1.29. The Labute approximate surface area is 553 Å². The minimum Gasteiger partial charge on any atom is -0.481 e. The third kappa shape index (κ3) is 84.4. The Hall–Kier alpha value is -7.64. The van der Waals surface area contributed by atoms with Crippen LogP contribution in [0.1, 0.15) is 97.6 Å². The van der Waals surface area contributed by atoms with Crippen molar-refractivity contribution in [3.63, 3.8) is 0 Å². The number of carbonyl (C=O) groups excluding carboxylic acids is 1. The standard InChI is InChI=1S/C6H9N3O2.C6H12N2O4S2.C6H14N2O2.2C6H13NO2.C5H10N2O3.C5H9NO4.C4H7NO4.C3H7NO2S.C2H5NO2/c7-5(6(10)11)1-4-2-8-3-9-4;7-3(5(9)10)1-13-14-2-4(8)6(11)12;7-4-2-1-3-5(8)6(9)10;1-4(2)3-5(7)6(8)9;1-3-4(2)5(7)6(8)9;2*6-3(5(9)10)1-2-4(7)8;5-2(4(8)9)1-3(6)7;4-2(1-7)3(5)6;3-1-2(4)5/h2-3,5H,1,7H2,(H,8,9)(H,10,11);3-4H,1-2,7-8H2,(H,9,10)(H,11,12);5H,1-4,7-8H2,(H,9,10);2*4-5H,3,7H2,1-2H3,(H,8,9);3H,1-2,6H2,(H2,7,8)(H,9,10);3H,1-2,6H2,(H,7,8)(H,9,10);2H,1,5H2,(H,6,7)(H,8,9);2,7H,1,4H2,(H,5,6);1,3H2,(H,4,5)/t5-;3-,4-;2*5-;4-,5-;2*3-;2*2-;/m000000000./s1. The predicted molar refractivity (Wildman–Crippen MR) is 343 cm³/mol. The Morgan fingerprint density at radius 3 is 1.05 bits per heavy atom. The van der Waals surface area contributed by atoms with Crippen LogP contribution < -0.4 is 74.5 Å². The lowest BCUT2D eigenvalue weighted by molar-refractivity contribution is -0.144. The average molecular weight is 1430 g/mol. The predicted octanol–water partition coefficient (Wildman–Crippen LogP) is -5.87. The highest BCUT2D eigenvalue weighted by Crippen LogP contribution is 2.22. The fourth-order valence-electron chi connectivity index (χ4n) is 4.02. The summed E-state index contributed by atoms with van der Waals surface area (Å²) in [6.45, 7) is 7.98. The second-order valence-corrected chi connectivity index (χ2v) is 21.7. The van der Waals surface area contributed by atoms with Crippen molar-refractivity contribution in [1.29, 1.82) is 0 Å². The van der Waals surface area contributed by atoms with Crippen LogP contribution in [0.4, 0.5) is 0 Å². The number of rotatable bonds is 35. The number of nitrogens with one attached hydrogen (secondary N) is 1. The molecule has 0 aliphatic carbocycles. The van der Waals surface area contributed by atoms with Crippen molar-refractivity contribution < 1.29 is 134 Å². The highest BCUT2D eigenvalue weighted by molar-refractivity contribution is 8.76. The van der Waals surface area contributed by atoms with Gasteiger partial charge in [-0.1, -0.05) is 62.1 Å². The van der Waals surface area contributed by atoms with E-state index in [2.05, 4.69) is 28.3 Å². The summed E-state index contributed by atoms with van der Waals surface area (Å²) in [4.78, 5) is 146. The Bertz CT molecular complexity index is 2250. The number of amides is 1. The van der Waals surface area contributed by atoms with Gasteiger partial charge in [0.05, 0.1) is 19.3 Å². The number of hydrogen-bond donors (Lipinski definition) is 28. The van der Waals surface area contributed by atoms with Crippen LogP contribution in [0.25, 0.3) is 0 Å². The smallest absolute Gasteiger partial charge is 0.321 e. The molecule has 1 rings (SSSR count). The number of imidazole rings is 1. The van der Waals surface area contributed by atoms with Crippen LogP contribution in [0.5, 0.6) is 0 Å². The highest BCUT2D eigenvalue weighted by Gasteiger charge is 2.19. The van der Waals surface area contributed by atoms with E-state index in [1.54, 1.807) is 6.20 Å². The number of aromatic nitrogens is 2. The summed E-state index contributed by atoms with van der Waals surface area (Å²) in [5, 5.41) is 106. The van der Waals surface area contributed by atoms with Crippen LogP contribution in [-0.2, 0) is 73.5 Å². The van der Waals surface area contributed by atoms with E-state index in [0.29, 0.717) is 25.3 Å². The molecule has 11 atom stereocenters. The van der Waals surface area contributed by atoms with Crippen molar-refractivity contribution in [3.8, 4) is 0 Å². The van der Waals surface area contributed by atoms with Crippen molar-refractivity contribution in [2.75, 3.05) is 30.3 Å². The lowest BCUT2D eigenvalue weighted by atomic mass is 10.0. The lowest BCUT2D eigenvalue weighted by Crippen LogP contribution is -2.36. The zero-order chi connectivity index (χ0) is 76.1. The van der Waals surface area contributed by atoms with Crippen molar-refractivity contribution in [1.82, 2.24) is 9.97 Å². The Morgan fingerprint density at radius 1 is 0.479 bits per heavy atom. The summed E-state index contributed by atoms with van der Waals surface area (Å²) in [6.07, 6.45) is 6.23. The molecule has 1 heterocycles. The number of H-pyrrole nitrogens is 1. The number of carboxylic acids is 13. The molecular formula is C49H99N15O27S3. The Kier molecular flexibility index (Phi) is 74.7. The van der Waals surface area contributed by atoms with E-state index in [9.17, 15) is 67.1 Å². The van der Waals surface area contributed by atoms with Gasteiger partial charge in [-0.2, -0.15) is 12.6 Å². The monoisotopic (exact) mass is 1430 g/mol. The number of unbranched alkanes of at least 4 members (excludes halogenated alkanes) is 1. The highest BCUT2D eigenvalue weighted by atomic mass is 33.1. The molecular weight excluding hydrogens is 1330 g/mol. The maximum atomic E-state index is 10.3. The molecule has 1 amide bonds. The van der Waals surface area contributed by atoms with Gasteiger partial charge in [0.1, 0.15) is 60.4 Å². The number of hydrogen-bond acceptors (Lipinski definition) is 30. The number of primary amides is 1. The molecule has 0 unspecified atom stereocenters. The normalized spacial score (nSPS) is 13.3. The Balaban J connectivity index is -0.000000123. The quantitative estimate of drug-likeness (QED) is 0.0171. The van der Waals surface area contributed by atoms with Gasteiger partial charge in [-0.25, -0.2) is 4.98 Å². The molecule has 94 heavy (non-hydrogen) atoms. The molecule has 0 saturated carbocycles. The number of nitrogens with two attached hydrogens (primary N) is 13. The van der Waals surface area contributed by atoms with E-state index >= 15 is 0 Å². The third-order valence-corrected chi connectivity index (χ3v) is 12.7. The summed E-state index contributed by atoms with van der Waals surface area (Å²) >= 11 is 3.65. The molecule has 42 nitrogen and oxygen atoms in total. The van der Waals surface area contributed by atoms with Crippen LogP contribution in [0, 0.1) is 11.8 Å². The molecule has 0 fully saturated rings. The van der Waals surface area contributed by atoms with E-state index in [0.717, 1.165) is 25.0 Å². The molecule has 550 valence electrons. The first-order chi connectivity index (χ1) is 43.0. The molecule has 40 N–H and O–H groups in total. The summed E-state index contributed by atoms with van der Waals surface area (Å²) in [5.74, 6) is -13.1. The SMILES string of the molecule is CC(C)C[C@H](N)C(=O)O.CC[C@H](C)[C@H](N)C(=O)O.NC(=O)CC[C@H](N)C(=O)O.NCC(=O)O.NCCCC[C@H](N)C(=O)O.N[C@@H](CC(=O)O)C(=O)O.N[C@@H](CCC(=O)O)C(=O)O.N[C@@H](CS)C(=O)O.N[C@@H](CSSC[C@H](N)C(=O)O)C(=O)O.N[C@@H](Cc1cnc[nH]1)C(=O)O. The van der Waals surface area contributed by atoms with E-state index in [-0.39, 0.29) is 61.8 Å². The molecule has 45 heteroatoms. The first kappa shape index (κ1) is 105. The van der Waals surface area contributed by atoms with Crippen molar-refractivity contribution in [3.05, 3.63) is 18.2 Å². The van der Waals surface area contributed by atoms with Crippen molar-refractivity contribution in [2.24, 2.45) is 86.4 Å². The second-order valence-electron chi connectivity index (χ2n) is 18.8. The van der Waals surface area contributed by atoms with Gasteiger partial charge < -0.3 is 146 Å². The fourth-order valence-corrected chi connectivity index (χ4v) is 6.41. The zero-order valence-electron chi connectivity index (χ0n) is 52.1. The molecule has 1 aromatic rings. The van der Waals surface area contributed by atoms with Gasteiger partial charge >= 0.3 is 77.6 Å². The number of carboxylic acid groups (broad SMARTS) is 13. The van der Waals surface area contributed by atoms with Gasteiger partial charge in [-0.3, -0.25) is 67.1 Å². The number of aromatic amines is 1. The van der Waals surface area contributed by atoms with Crippen LogP contribution >= 0.6 is 34.2 Å². The van der Waals surface area contributed by atoms with E-state index in [1.807, 2.05) is 27.7 Å². The van der Waals surface area contributed by atoms with Crippen molar-refractivity contribution >= 4 is 118 Å². The first-order valence-corrected chi connectivity index (χ1v) is 30.1. The van der Waals surface area contributed by atoms with Crippen LogP contribution in [0.15, 0.2) is 12.5 Å². The largest absolute Gasteiger partial charge is 0.481 e. The maximum Gasteiger partial charge on any atom is 0.321 e. The van der Waals surface area contributed by atoms with E-state index < -0.39 is 150 Å². The summed E-state index contributed by atoms with van der Waals surface area (Å²) in [5.41, 5.74) is 66.5. The molecule has 0 radical (unpaired) electrons. The van der Waals surface area contributed by atoms with Gasteiger partial charge in [-0.15, -0.1) is 0 Å². The van der Waals surface area contributed by atoms with Gasteiger partial charge in [0.25, 0.3) is 0 Å². The number of carbonyl (C=O) groups is 14. The lowest BCUT2D eigenvalue weighted by Gasteiger charge is -2.11. The minimum absolute atomic E-state index is 0.0213. The average Bonchev–Trinajstić information content (AvgIpc) is 2.73. The third-order valence-electron chi connectivity index (χ3n) is 9.80. The molecule has 0 aliphatic rings. The summed E-state index contributed by atoms with van der Waals surface area (Å²) < 4.78 is 0. The Morgan fingerprint density at radius 2 is 0.840 bits per heavy atom. The van der Waals surface area contributed by atoms with E-state index in [1.165, 1.54) is 27.9 Å². The molecule has 1 aromatic heterocycles. The molecule has 0 bridgehead atoms. The van der Waals surface area contributed by atoms with Crippen LogP contribution in [0.2, 0.25) is 0 Å².